The van der Waals surface area contributed by atoms with E-state index in [1.54, 1.807) is 0 Å². The molecular weight excluding hydrogens is 348 g/mol. The number of rotatable bonds is 4. The molecule has 2 aliphatic heterocycles. The molecule has 0 radical (unpaired) electrons. The quantitative estimate of drug-likeness (QED) is 0.704. The third-order valence-electron chi connectivity index (χ3n) is 6.05. The number of aryl methyl sites for hydroxylation is 1. The third kappa shape index (κ3) is 3.11. The van der Waals surface area contributed by atoms with Crippen LogP contribution in [0.4, 0.5) is 0 Å². The van der Waals surface area contributed by atoms with Crippen molar-refractivity contribution in [2.75, 3.05) is 0 Å². The summed E-state index contributed by atoms with van der Waals surface area (Å²) in [5.74, 6) is 2.20. The van der Waals surface area contributed by atoms with Crippen molar-refractivity contribution in [3.05, 3.63) is 72.1 Å². The van der Waals surface area contributed by atoms with Crippen LogP contribution in [-0.2, 0) is 24.2 Å². The SMILES string of the molecule is O=C(CCc1ccccc1)N1C2CCC1Cn1c(nnc1-c1ccccc1)C2. The van der Waals surface area contributed by atoms with E-state index >= 15 is 0 Å². The number of benzene rings is 2. The zero-order valence-corrected chi connectivity index (χ0v) is 15.9. The molecule has 2 unspecified atom stereocenters. The Kier molecular flexibility index (Phi) is 4.43. The van der Waals surface area contributed by atoms with Gasteiger partial charge in [0, 0.05) is 31.0 Å². The first-order chi connectivity index (χ1) is 13.8. The second kappa shape index (κ2) is 7.23. The maximum absolute atomic E-state index is 13.1. The van der Waals surface area contributed by atoms with Crippen molar-refractivity contribution in [1.29, 1.82) is 0 Å². The van der Waals surface area contributed by atoms with E-state index in [2.05, 4.69) is 43.9 Å². The molecule has 28 heavy (non-hydrogen) atoms. The van der Waals surface area contributed by atoms with E-state index in [-0.39, 0.29) is 18.0 Å². The Bertz CT molecular complexity index is 967. The Morgan fingerprint density at radius 1 is 0.929 bits per heavy atom. The largest absolute Gasteiger partial charge is 0.334 e. The molecule has 2 atom stereocenters. The second-order valence-electron chi connectivity index (χ2n) is 7.79. The van der Waals surface area contributed by atoms with Crippen LogP contribution in [0.3, 0.4) is 0 Å². The third-order valence-corrected chi connectivity index (χ3v) is 6.05. The molecule has 1 saturated heterocycles. The molecule has 1 aromatic heterocycles. The Labute approximate surface area is 165 Å². The van der Waals surface area contributed by atoms with Crippen LogP contribution in [0.2, 0.25) is 0 Å². The van der Waals surface area contributed by atoms with Gasteiger partial charge < -0.3 is 9.47 Å². The maximum Gasteiger partial charge on any atom is 0.223 e. The normalized spacial score (nSPS) is 20.6. The molecule has 1 amide bonds. The fourth-order valence-corrected chi connectivity index (χ4v) is 4.67. The number of hydrogen-bond donors (Lipinski definition) is 0. The van der Waals surface area contributed by atoms with Gasteiger partial charge in [-0.2, -0.15) is 0 Å². The average Bonchev–Trinajstić information content (AvgIpc) is 3.27. The molecule has 0 saturated carbocycles. The van der Waals surface area contributed by atoms with E-state index in [1.165, 1.54) is 5.56 Å². The van der Waals surface area contributed by atoms with Gasteiger partial charge in [0.05, 0.1) is 6.04 Å². The van der Waals surface area contributed by atoms with Crippen LogP contribution >= 0.6 is 0 Å². The lowest BCUT2D eigenvalue weighted by molar-refractivity contribution is -0.134. The average molecular weight is 372 g/mol. The Hall–Kier alpha value is -2.95. The van der Waals surface area contributed by atoms with Crippen LogP contribution in [-0.4, -0.2) is 37.7 Å². The lowest BCUT2D eigenvalue weighted by atomic mass is 10.1. The summed E-state index contributed by atoms with van der Waals surface area (Å²) in [5.41, 5.74) is 2.31. The lowest BCUT2D eigenvalue weighted by Crippen LogP contribution is -2.42. The van der Waals surface area contributed by atoms with E-state index < -0.39 is 0 Å². The summed E-state index contributed by atoms with van der Waals surface area (Å²) in [6.45, 7) is 0.792. The van der Waals surface area contributed by atoms with Crippen LogP contribution < -0.4 is 0 Å². The Morgan fingerprint density at radius 2 is 1.64 bits per heavy atom. The van der Waals surface area contributed by atoms with Gasteiger partial charge in [-0.25, -0.2) is 0 Å². The van der Waals surface area contributed by atoms with Crippen molar-refractivity contribution in [2.24, 2.45) is 0 Å². The number of hydrogen-bond acceptors (Lipinski definition) is 3. The van der Waals surface area contributed by atoms with Gasteiger partial charge in [0.15, 0.2) is 5.82 Å². The molecular formula is C23H24N4O. The van der Waals surface area contributed by atoms with Gasteiger partial charge in [-0.05, 0) is 24.8 Å². The molecule has 3 heterocycles. The Morgan fingerprint density at radius 3 is 2.43 bits per heavy atom. The molecule has 5 heteroatoms. The predicted molar refractivity (Wildman–Crippen MR) is 108 cm³/mol. The van der Waals surface area contributed by atoms with Gasteiger partial charge in [0.1, 0.15) is 5.82 Å². The van der Waals surface area contributed by atoms with Gasteiger partial charge in [-0.1, -0.05) is 60.7 Å². The highest BCUT2D eigenvalue weighted by Crippen LogP contribution is 2.33. The predicted octanol–water partition coefficient (Wildman–Crippen LogP) is 3.49. The van der Waals surface area contributed by atoms with Crippen molar-refractivity contribution < 1.29 is 4.79 Å². The number of nitrogens with zero attached hydrogens (tertiary/aromatic N) is 4. The summed E-state index contributed by atoms with van der Waals surface area (Å²) in [6, 6.07) is 21.0. The molecule has 5 rings (SSSR count). The molecule has 0 spiro atoms. The van der Waals surface area contributed by atoms with E-state index in [4.69, 9.17) is 0 Å². The van der Waals surface area contributed by atoms with Gasteiger partial charge in [-0.15, -0.1) is 10.2 Å². The van der Waals surface area contributed by atoms with Crippen LogP contribution in [0.1, 0.15) is 30.7 Å². The molecule has 0 N–H and O–H groups in total. The summed E-state index contributed by atoms with van der Waals surface area (Å²) in [5, 5.41) is 8.94. The van der Waals surface area contributed by atoms with Crippen molar-refractivity contribution in [2.45, 2.75) is 50.7 Å². The summed E-state index contributed by atoms with van der Waals surface area (Å²) in [4.78, 5) is 15.3. The van der Waals surface area contributed by atoms with Crippen molar-refractivity contribution in [3.8, 4) is 11.4 Å². The van der Waals surface area contributed by atoms with Crippen LogP contribution in [0.5, 0.6) is 0 Å². The summed E-state index contributed by atoms with van der Waals surface area (Å²) >= 11 is 0. The molecule has 2 bridgehead atoms. The molecule has 1 fully saturated rings. The summed E-state index contributed by atoms with van der Waals surface area (Å²) in [7, 11) is 0. The van der Waals surface area contributed by atoms with E-state index in [0.29, 0.717) is 6.42 Å². The molecule has 2 aliphatic rings. The minimum atomic E-state index is 0.244. The molecule has 2 aromatic carbocycles. The minimum absolute atomic E-state index is 0.244. The minimum Gasteiger partial charge on any atom is -0.334 e. The van der Waals surface area contributed by atoms with Crippen LogP contribution in [0, 0.1) is 0 Å². The zero-order chi connectivity index (χ0) is 18.9. The van der Waals surface area contributed by atoms with Crippen molar-refractivity contribution in [3.63, 3.8) is 0 Å². The fraction of sp³-hybridized carbons (Fsp3) is 0.348. The first-order valence-corrected chi connectivity index (χ1v) is 10.1. The lowest BCUT2D eigenvalue weighted by Gasteiger charge is -2.28. The van der Waals surface area contributed by atoms with Gasteiger partial charge >= 0.3 is 0 Å². The second-order valence-corrected chi connectivity index (χ2v) is 7.79. The first-order valence-electron chi connectivity index (χ1n) is 10.1. The van der Waals surface area contributed by atoms with E-state index in [0.717, 1.165) is 49.4 Å². The van der Waals surface area contributed by atoms with Gasteiger partial charge in [0.2, 0.25) is 5.91 Å². The number of fused-ring (bicyclic) bond motifs is 3. The molecule has 5 nitrogen and oxygen atoms in total. The molecule has 3 aromatic rings. The first kappa shape index (κ1) is 17.2. The van der Waals surface area contributed by atoms with E-state index in [1.807, 2.05) is 36.4 Å². The smallest absolute Gasteiger partial charge is 0.223 e. The van der Waals surface area contributed by atoms with Gasteiger partial charge in [-0.3, -0.25) is 4.79 Å². The Balaban J connectivity index is 1.36. The summed E-state index contributed by atoms with van der Waals surface area (Å²) in [6.07, 6.45) is 4.30. The van der Waals surface area contributed by atoms with Crippen LogP contribution in [0.25, 0.3) is 11.4 Å². The number of carbonyl (C=O) groups is 1. The monoisotopic (exact) mass is 372 g/mol. The van der Waals surface area contributed by atoms with Gasteiger partial charge in [0.25, 0.3) is 0 Å². The highest BCUT2D eigenvalue weighted by molar-refractivity contribution is 5.77. The van der Waals surface area contributed by atoms with E-state index in [9.17, 15) is 4.79 Å². The summed E-state index contributed by atoms with van der Waals surface area (Å²) < 4.78 is 2.23. The molecule has 0 aliphatic carbocycles. The number of aromatic nitrogens is 3. The maximum atomic E-state index is 13.1. The topological polar surface area (TPSA) is 51.0 Å². The van der Waals surface area contributed by atoms with Crippen LogP contribution in [0.15, 0.2) is 60.7 Å². The number of amides is 1. The standard InChI is InChI=1S/C23H24N4O/c28-22(14-11-17-7-3-1-4-8-17)27-19-12-13-20(27)16-26-21(15-19)24-25-23(26)18-9-5-2-6-10-18/h1-10,19-20H,11-16H2. The van der Waals surface area contributed by atoms with Crippen molar-refractivity contribution in [1.82, 2.24) is 19.7 Å². The highest BCUT2D eigenvalue weighted by atomic mass is 16.2. The number of carbonyl (C=O) groups excluding carboxylic acids is 1. The molecule has 142 valence electrons. The van der Waals surface area contributed by atoms with Crippen molar-refractivity contribution >= 4 is 5.91 Å². The zero-order valence-electron chi connectivity index (χ0n) is 15.9. The highest BCUT2D eigenvalue weighted by Gasteiger charge is 2.40. The fourth-order valence-electron chi connectivity index (χ4n) is 4.67.